The summed E-state index contributed by atoms with van der Waals surface area (Å²) in [5, 5.41) is 10.3. The molecule has 0 amide bonds. The van der Waals surface area contributed by atoms with Gasteiger partial charge in [0.05, 0.1) is 11.7 Å². The molecule has 0 aromatic carbocycles. The second-order valence-corrected chi connectivity index (χ2v) is 4.97. The summed E-state index contributed by atoms with van der Waals surface area (Å²) in [6, 6.07) is 0. The van der Waals surface area contributed by atoms with E-state index in [2.05, 4.69) is 0 Å². The number of rotatable bonds is 3. The van der Waals surface area contributed by atoms with Crippen molar-refractivity contribution in [2.45, 2.75) is 63.1 Å². The first kappa shape index (κ1) is 10.4. The number of hydrogen-bond donors (Lipinski definition) is 1. The fourth-order valence-corrected chi connectivity index (χ4v) is 3.03. The molecule has 2 aliphatic carbocycles. The lowest BCUT2D eigenvalue weighted by Gasteiger charge is -2.47. The molecule has 0 aliphatic heterocycles. The molecule has 2 rings (SSSR count). The fourth-order valence-electron chi connectivity index (χ4n) is 3.03. The van der Waals surface area contributed by atoms with E-state index in [0.717, 1.165) is 12.8 Å². The zero-order chi connectivity index (χ0) is 10.0. The number of aliphatic hydroxyl groups excluding tert-OH is 1. The Balaban J connectivity index is 1.94. The molecule has 2 saturated carbocycles. The summed E-state index contributed by atoms with van der Waals surface area (Å²) >= 11 is 0. The van der Waals surface area contributed by atoms with E-state index in [9.17, 15) is 5.11 Å². The van der Waals surface area contributed by atoms with Crippen molar-refractivity contribution < 1.29 is 9.84 Å². The van der Waals surface area contributed by atoms with Gasteiger partial charge in [-0.25, -0.2) is 0 Å². The van der Waals surface area contributed by atoms with Crippen LogP contribution in [0.25, 0.3) is 0 Å². The Labute approximate surface area is 86.6 Å². The summed E-state index contributed by atoms with van der Waals surface area (Å²) in [6.07, 6.45) is 9.46. The third-order valence-corrected chi connectivity index (χ3v) is 4.24. The van der Waals surface area contributed by atoms with E-state index < -0.39 is 0 Å². The molecule has 0 aromatic rings. The van der Waals surface area contributed by atoms with Gasteiger partial charge in [0.1, 0.15) is 0 Å². The van der Waals surface area contributed by atoms with Crippen molar-refractivity contribution >= 4 is 0 Å². The minimum Gasteiger partial charge on any atom is -0.390 e. The third kappa shape index (κ3) is 1.70. The van der Waals surface area contributed by atoms with Gasteiger partial charge in [-0.3, -0.25) is 0 Å². The lowest BCUT2D eigenvalue weighted by molar-refractivity contribution is -0.170. The molecule has 2 aliphatic rings. The highest BCUT2D eigenvalue weighted by molar-refractivity contribution is 4.98. The first-order chi connectivity index (χ1) is 6.78. The second-order valence-electron chi connectivity index (χ2n) is 4.97. The Bertz CT molecular complexity index is 175. The molecule has 0 spiro atoms. The molecule has 2 nitrogen and oxygen atoms in total. The van der Waals surface area contributed by atoms with Gasteiger partial charge in [0.25, 0.3) is 0 Å². The Kier molecular flexibility index (Phi) is 3.13. The molecule has 0 saturated heterocycles. The molecule has 2 fully saturated rings. The predicted octanol–water partition coefficient (Wildman–Crippen LogP) is 2.50. The van der Waals surface area contributed by atoms with Gasteiger partial charge >= 0.3 is 0 Å². The topological polar surface area (TPSA) is 29.5 Å². The molecule has 0 heterocycles. The summed E-state index contributed by atoms with van der Waals surface area (Å²) in [5.41, 5.74) is -0.165. The predicted molar refractivity (Wildman–Crippen MR) is 56.2 cm³/mol. The number of ether oxygens (including phenoxy) is 1. The van der Waals surface area contributed by atoms with Crippen LogP contribution in [-0.2, 0) is 4.74 Å². The quantitative estimate of drug-likeness (QED) is 0.755. The highest BCUT2D eigenvalue weighted by Gasteiger charge is 2.46. The fraction of sp³-hybridized carbons (Fsp3) is 1.00. The molecular formula is C12H22O2. The van der Waals surface area contributed by atoms with Crippen LogP contribution in [0.15, 0.2) is 0 Å². The largest absolute Gasteiger partial charge is 0.390 e. The Morgan fingerprint density at radius 3 is 2.21 bits per heavy atom. The van der Waals surface area contributed by atoms with E-state index >= 15 is 0 Å². The van der Waals surface area contributed by atoms with E-state index in [4.69, 9.17) is 4.74 Å². The van der Waals surface area contributed by atoms with Crippen LogP contribution in [0.3, 0.4) is 0 Å². The maximum Gasteiger partial charge on any atom is 0.0939 e. The van der Waals surface area contributed by atoms with Gasteiger partial charge in [0.15, 0.2) is 0 Å². The summed E-state index contributed by atoms with van der Waals surface area (Å²) in [4.78, 5) is 0. The Hall–Kier alpha value is -0.0800. The van der Waals surface area contributed by atoms with Crippen LogP contribution in [0.1, 0.15) is 51.4 Å². The average molecular weight is 198 g/mol. The first-order valence-corrected chi connectivity index (χ1v) is 6.02. The minimum atomic E-state index is -0.207. The van der Waals surface area contributed by atoms with Crippen LogP contribution in [0.5, 0.6) is 0 Å². The zero-order valence-corrected chi connectivity index (χ0v) is 9.17. The second kappa shape index (κ2) is 4.19. The molecule has 1 N–H and O–H groups in total. The number of methoxy groups -OCH3 is 1. The van der Waals surface area contributed by atoms with Crippen molar-refractivity contribution in [3.63, 3.8) is 0 Å². The van der Waals surface area contributed by atoms with Crippen LogP contribution >= 0.6 is 0 Å². The molecule has 1 atom stereocenters. The molecular weight excluding hydrogens is 176 g/mol. The lowest BCUT2D eigenvalue weighted by Crippen LogP contribution is -2.53. The van der Waals surface area contributed by atoms with Crippen molar-refractivity contribution in [1.29, 1.82) is 0 Å². The van der Waals surface area contributed by atoms with Crippen LogP contribution in [0.4, 0.5) is 0 Å². The van der Waals surface area contributed by atoms with E-state index in [-0.39, 0.29) is 11.7 Å². The zero-order valence-electron chi connectivity index (χ0n) is 9.17. The molecule has 82 valence electrons. The van der Waals surface area contributed by atoms with Gasteiger partial charge < -0.3 is 9.84 Å². The van der Waals surface area contributed by atoms with Gasteiger partial charge in [-0.05, 0) is 38.0 Å². The van der Waals surface area contributed by atoms with E-state index in [1.807, 2.05) is 0 Å². The summed E-state index contributed by atoms with van der Waals surface area (Å²) in [6.45, 7) is 0. The van der Waals surface area contributed by atoms with E-state index in [1.165, 1.54) is 38.5 Å². The lowest BCUT2D eigenvalue weighted by atomic mass is 9.69. The summed E-state index contributed by atoms with van der Waals surface area (Å²) in [7, 11) is 1.76. The van der Waals surface area contributed by atoms with Crippen LogP contribution in [0, 0.1) is 5.92 Å². The normalized spacial score (nSPS) is 29.6. The van der Waals surface area contributed by atoms with Crippen LogP contribution in [0.2, 0.25) is 0 Å². The van der Waals surface area contributed by atoms with Gasteiger partial charge in [-0.2, -0.15) is 0 Å². The highest BCUT2D eigenvalue weighted by Crippen LogP contribution is 2.43. The van der Waals surface area contributed by atoms with Crippen molar-refractivity contribution in [3.05, 3.63) is 0 Å². The van der Waals surface area contributed by atoms with E-state index in [0.29, 0.717) is 5.92 Å². The summed E-state index contributed by atoms with van der Waals surface area (Å²) in [5.74, 6) is 0.504. The maximum absolute atomic E-state index is 10.3. The molecule has 0 radical (unpaired) electrons. The van der Waals surface area contributed by atoms with Crippen molar-refractivity contribution in [1.82, 2.24) is 0 Å². The maximum atomic E-state index is 10.3. The van der Waals surface area contributed by atoms with Crippen LogP contribution < -0.4 is 0 Å². The SMILES string of the molecule is COC1(C(O)C2CCCCC2)CCC1. The van der Waals surface area contributed by atoms with Crippen molar-refractivity contribution in [2.75, 3.05) is 7.11 Å². The number of hydrogen-bond acceptors (Lipinski definition) is 2. The third-order valence-electron chi connectivity index (χ3n) is 4.24. The van der Waals surface area contributed by atoms with Crippen molar-refractivity contribution in [2.24, 2.45) is 5.92 Å². The van der Waals surface area contributed by atoms with Gasteiger partial charge in [-0.1, -0.05) is 19.3 Å². The standard InChI is InChI=1S/C12H22O2/c1-14-12(8-5-9-12)11(13)10-6-3-2-4-7-10/h10-11,13H,2-9H2,1H3. The smallest absolute Gasteiger partial charge is 0.0939 e. The Morgan fingerprint density at radius 1 is 1.14 bits per heavy atom. The molecule has 0 bridgehead atoms. The number of aliphatic hydroxyl groups is 1. The molecule has 0 aromatic heterocycles. The minimum absolute atomic E-state index is 0.165. The van der Waals surface area contributed by atoms with Crippen LogP contribution in [-0.4, -0.2) is 23.9 Å². The van der Waals surface area contributed by atoms with Gasteiger partial charge in [-0.15, -0.1) is 0 Å². The first-order valence-electron chi connectivity index (χ1n) is 6.02. The van der Waals surface area contributed by atoms with E-state index in [1.54, 1.807) is 7.11 Å². The van der Waals surface area contributed by atoms with Crippen molar-refractivity contribution in [3.8, 4) is 0 Å². The Morgan fingerprint density at radius 2 is 1.79 bits per heavy atom. The monoisotopic (exact) mass is 198 g/mol. The van der Waals surface area contributed by atoms with Gasteiger partial charge in [0, 0.05) is 7.11 Å². The highest BCUT2D eigenvalue weighted by atomic mass is 16.5. The molecule has 14 heavy (non-hydrogen) atoms. The average Bonchev–Trinajstić information content (AvgIpc) is 2.18. The summed E-state index contributed by atoms with van der Waals surface area (Å²) < 4.78 is 5.54. The van der Waals surface area contributed by atoms with Gasteiger partial charge in [0.2, 0.25) is 0 Å². The molecule has 2 heteroatoms. The molecule has 1 unspecified atom stereocenters.